The first kappa shape index (κ1) is 15.5. The molecule has 0 spiro atoms. The van der Waals surface area contributed by atoms with Crippen LogP contribution in [0.1, 0.15) is 18.9 Å². The Morgan fingerprint density at radius 2 is 1.70 bits per heavy atom. The molecule has 3 heterocycles. The molecule has 0 amide bonds. The SMILES string of the molecule is CCOc1ccnc(N2CCCN(c3ncc(C)cn3)CC2)n1. The summed E-state index contributed by atoms with van der Waals surface area (Å²) in [6, 6.07) is 1.79. The van der Waals surface area contributed by atoms with Crippen molar-refractivity contribution in [2.45, 2.75) is 20.3 Å². The van der Waals surface area contributed by atoms with Gasteiger partial charge in [-0.3, -0.25) is 0 Å². The molecule has 1 fully saturated rings. The highest BCUT2D eigenvalue weighted by Crippen LogP contribution is 2.17. The van der Waals surface area contributed by atoms with Gasteiger partial charge in [-0.15, -0.1) is 0 Å². The second-order valence-electron chi connectivity index (χ2n) is 5.52. The first-order valence-corrected chi connectivity index (χ1v) is 8.00. The molecule has 0 atom stereocenters. The van der Waals surface area contributed by atoms with E-state index in [9.17, 15) is 0 Å². The second-order valence-corrected chi connectivity index (χ2v) is 5.52. The van der Waals surface area contributed by atoms with Crippen LogP contribution in [0, 0.1) is 6.92 Å². The molecule has 1 aliphatic rings. The van der Waals surface area contributed by atoms with E-state index in [4.69, 9.17) is 4.74 Å². The van der Waals surface area contributed by atoms with Gasteiger partial charge in [-0.05, 0) is 25.8 Å². The van der Waals surface area contributed by atoms with Crippen LogP contribution in [0.25, 0.3) is 0 Å². The third kappa shape index (κ3) is 3.85. The van der Waals surface area contributed by atoms with Crippen LogP contribution in [-0.4, -0.2) is 52.7 Å². The molecule has 0 radical (unpaired) electrons. The van der Waals surface area contributed by atoms with E-state index in [2.05, 4.69) is 29.7 Å². The third-order valence-electron chi connectivity index (χ3n) is 3.74. The largest absolute Gasteiger partial charge is 0.478 e. The summed E-state index contributed by atoms with van der Waals surface area (Å²) in [5.74, 6) is 2.14. The molecule has 122 valence electrons. The van der Waals surface area contributed by atoms with E-state index in [0.717, 1.165) is 50.1 Å². The van der Waals surface area contributed by atoms with Gasteiger partial charge in [-0.2, -0.15) is 4.98 Å². The second kappa shape index (κ2) is 7.21. The van der Waals surface area contributed by atoms with E-state index in [0.29, 0.717) is 12.5 Å². The molecule has 0 bridgehead atoms. The van der Waals surface area contributed by atoms with E-state index in [1.807, 2.05) is 26.2 Å². The predicted octanol–water partition coefficient (Wildman–Crippen LogP) is 1.69. The van der Waals surface area contributed by atoms with E-state index < -0.39 is 0 Å². The lowest BCUT2D eigenvalue weighted by Crippen LogP contribution is -2.32. The number of rotatable bonds is 4. The highest BCUT2D eigenvalue weighted by Gasteiger charge is 2.19. The first-order chi connectivity index (χ1) is 11.3. The van der Waals surface area contributed by atoms with Crippen molar-refractivity contribution in [1.82, 2.24) is 19.9 Å². The molecule has 1 saturated heterocycles. The molecule has 0 saturated carbocycles. The van der Waals surface area contributed by atoms with E-state index in [-0.39, 0.29) is 0 Å². The van der Waals surface area contributed by atoms with Gasteiger partial charge in [0.15, 0.2) is 0 Å². The lowest BCUT2D eigenvalue weighted by atomic mass is 10.4. The Morgan fingerprint density at radius 1 is 1.00 bits per heavy atom. The Morgan fingerprint density at radius 3 is 2.39 bits per heavy atom. The van der Waals surface area contributed by atoms with Crippen molar-refractivity contribution in [2.75, 3.05) is 42.6 Å². The molecule has 7 nitrogen and oxygen atoms in total. The van der Waals surface area contributed by atoms with Crippen molar-refractivity contribution in [3.8, 4) is 5.88 Å². The van der Waals surface area contributed by atoms with Crippen molar-refractivity contribution >= 4 is 11.9 Å². The summed E-state index contributed by atoms with van der Waals surface area (Å²) in [6.07, 6.45) is 6.48. The lowest BCUT2D eigenvalue weighted by Gasteiger charge is -2.22. The number of aromatic nitrogens is 4. The van der Waals surface area contributed by atoms with Crippen LogP contribution in [0.5, 0.6) is 5.88 Å². The van der Waals surface area contributed by atoms with Crippen LogP contribution in [0.2, 0.25) is 0 Å². The lowest BCUT2D eigenvalue weighted by molar-refractivity contribution is 0.326. The van der Waals surface area contributed by atoms with Gasteiger partial charge in [0, 0.05) is 50.8 Å². The summed E-state index contributed by atoms with van der Waals surface area (Å²) >= 11 is 0. The van der Waals surface area contributed by atoms with Gasteiger partial charge in [0.25, 0.3) is 0 Å². The normalized spacial score (nSPS) is 15.4. The first-order valence-electron chi connectivity index (χ1n) is 8.00. The molecule has 0 aliphatic carbocycles. The summed E-state index contributed by atoms with van der Waals surface area (Å²) in [4.78, 5) is 22.1. The fraction of sp³-hybridized carbons (Fsp3) is 0.500. The predicted molar refractivity (Wildman–Crippen MR) is 89.0 cm³/mol. The van der Waals surface area contributed by atoms with Gasteiger partial charge < -0.3 is 14.5 Å². The van der Waals surface area contributed by atoms with Crippen LogP contribution in [-0.2, 0) is 0 Å². The van der Waals surface area contributed by atoms with Crippen LogP contribution >= 0.6 is 0 Å². The Bertz CT molecular complexity index is 633. The number of aryl methyl sites for hydroxylation is 1. The number of hydrogen-bond donors (Lipinski definition) is 0. The zero-order valence-electron chi connectivity index (χ0n) is 13.6. The van der Waals surface area contributed by atoms with E-state index in [1.54, 1.807) is 12.3 Å². The molecule has 0 aromatic carbocycles. The quantitative estimate of drug-likeness (QED) is 0.850. The number of anilines is 2. The van der Waals surface area contributed by atoms with Crippen molar-refractivity contribution in [2.24, 2.45) is 0 Å². The summed E-state index contributed by atoms with van der Waals surface area (Å²) in [7, 11) is 0. The maximum atomic E-state index is 5.46. The molecule has 2 aromatic heterocycles. The fourth-order valence-corrected chi connectivity index (χ4v) is 2.58. The minimum absolute atomic E-state index is 0.606. The summed E-state index contributed by atoms with van der Waals surface area (Å²) < 4.78 is 5.46. The van der Waals surface area contributed by atoms with Gasteiger partial charge in [0.1, 0.15) is 0 Å². The minimum atomic E-state index is 0.606. The highest BCUT2D eigenvalue weighted by molar-refractivity contribution is 5.36. The van der Waals surface area contributed by atoms with E-state index in [1.165, 1.54) is 0 Å². The van der Waals surface area contributed by atoms with E-state index >= 15 is 0 Å². The minimum Gasteiger partial charge on any atom is -0.478 e. The molecule has 0 unspecified atom stereocenters. The van der Waals surface area contributed by atoms with Gasteiger partial charge in [0.05, 0.1) is 6.61 Å². The zero-order chi connectivity index (χ0) is 16.1. The molecule has 3 rings (SSSR count). The van der Waals surface area contributed by atoms with Crippen molar-refractivity contribution in [1.29, 1.82) is 0 Å². The molecule has 2 aromatic rings. The number of nitrogens with zero attached hydrogens (tertiary/aromatic N) is 6. The van der Waals surface area contributed by atoms with Gasteiger partial charge in [-0.1, -0.05) is 0 Å². The topological polar surface area (TPSA) is 67.3 Å². The summed E-state index contributed by atoms with van der Waals surface area (Å²) in [5, 5.41) is 0. The maximum absolute atomic E-state index is 5.46. The Labute approximate surface area is 136 Å². The van der Waals surface area contributed by atoms with Gasteiger partial charge >= 0.3 is 0 Å². The molecule has 0 N–H and O–H groups in total. The Balaban J connectivity index is 1.68. The fourth-order valence-electron chi connectivity index (χ4n) is 2.58. The van der Waals surface area contributed by atoms with Crippen molar-refractivity contribution < 1.29 is 4.74 Å². The third-order valence-corrected chi connectivity index (χ3v) is 3.74. The maximum Gasteiger partial charge on any atom is 0.228 e. The monoisotopic (exact) mass is 314 g/mol. The van der Waals surface area contributed by atoms with Gasteiger partial charge in [-0.25, -0.2) is 15.0 Å². The highest BCUT2D eigenvalue weighted by atomic mass is 16.5. The molecule has 7 heteroatoms. The van der Waals surface area contributed by atoms with Gasteiger partial charge in [0.2, 0.25) is 17.8 Å². The molecular formula is C16H22N6O. The molecular weight excluding hydrogens is 292 g/mol. The van der Waals surface area contributed by atoms with Crippen molar-refractivity contribution in [3.05, 3.63) is 30.2 Å². The van der Waals surface area contributed by atoms with Crippen LogP contribution in [0.4, 0.5) is 11.9 Å². The summed E-state index contributed by atoms with van der Waals surface area (Å²) in [6.45, 7) is 8.10. The standard InChI is InChI=1S/C16H22N6O/c1-3-23-14-5-6-17-16(20-14)22-8-4-7-21(9-10-22)15-18-11-13(2)12-19-15/h5-6,11-12H,3-4,7-10H2,1-2H3. The van der Waals surface area contributed by atoms with Crippen LogP contribution in [0.15, 0.2) is 24.7 Å². The number of hydrogen-bond acceptors (Lipinski definition) is 7. The number of ether oxygens (including phenoxy) is 1. The Kier molecular flexibility index (Phi) is 4.85. The average Bonchev–Trinajstić information content (AvgIpc) is 2.82. The summed E-state index contributed by atoms with van der Waals surface area (Å²) in [5.41, 5.74) is 1.08. The smallest absolute Gasteiger partial charge is 0.228 e. The molecule has 23 heavy (non-hydrogen) atoms. The Hall–Kier alpha value is -2.44. The van der Waals surface area contributed by atoms with Crippen LogP contribution < -0.4 is 14.5 Å². The van der Waals surface area contributed by atoms with Crippen molar-refractivity contribution in [3.63, 3.8) is 0 Å². The van der Waals surface area contributed by atoms with Crippen LogP contribution in [0.3, 0.4) is 0 Å². The zero-order valence-corrected chi connectivity index (χ0v) is 13.6. The average molecular weight is 314 g/mol. The molecule has 1 aliphatic heterocycles.